The van der Waals surface area contributed by atoms with Gasteiger partial charge in [-0.1, -0.05) is 54.4 Å². The Morgan fingerprint density at radius 3 is 2.15 bits per heavy atom. The summed E-state index contributed by atoms with van der Waals surface area (Å²) in [6, 6.07) is 14.3. The van der Waals surface area contributed by atoms with E-state index in [-0.39, 0.29) is 38.6 Å². The molecule has 1 aliphatic heterocycles. The summed E-state index contributed by atoms with van der Waals surface area (Å²) >= 11 is 12.8. The second kappa shape index (κ2) is 11.4. The van der Waals surface area contributed by atoms with E-state index in [9.17, 15) is 19.5 Å². The van der Waals surface area contributed by atoms with Crippen LogP contribution in [0.4, 0.5) is 11.4 Å². The molecule has 0 aromatic heterocycles. The number of hydrogen-bond donors (Lipinski definition) is 2. The monoisotopic (exact) mass is 568 g/mol. The third-order valence-electron chi connectivity index (χ3n) is 6.41. The lowest BCUT2D eigenvalue weighted by Crippen LogP contribution is -2.29. The third-order valence-corrected chi connectivity index (χ3v) is 7.03. The Balaban J connectivity index is 1.95. The molecule has 0 aliphatic carbocycles. The Morgan fingerprint density at radius 1 is 1.00 bits per heavy atom. The number of carbonyl (C=O) groups is 3. The number of rotatable bonds is 7. The summed E-state index contributed by atoms with van der Waals surface area (Å²) < 4.78 is 10.7. The third kappa shape index (κ3) is 5.17. The summed E-state index contributed by atoms with van der Waals surface area (Å²) in [5, 5.41) is 14.3. The van der Waals surface area contributed by atoms with Gasteiger partial charge >= 0.3 is 0 Å². The number of hydrogen-bond acceptors (Lipinski definition) is 6. The number of ether oxygens (including phenoxy) is 2. The van der Waals surface area contributed by atoms with E-state index >= 15 is 0 Å². The van der Waals surface area contributed by atoms with E-state index in [1.54, 1.807) is 24.3 Å². The minimum atomic E-state index is -0.980. The fraction of sp³-hybridized carbons (Fsp3) is 0.207. The number of anilines is 2. The molecule has 0 saturated carbocycles. The van der Waals surface area contributed by atoms with Gasteiger partial charge in [0.15, 0.2) is 11.5 Å². The molecule has 2 amide bonds. The van der Waals surface area contributed by atoms with E-state index in [0.29, 0.717) is 16.9 Å². The Hall–Kier alpha value is -4.01. The molecule has 2 N–H and O–H groups in total. The molecule has 202 valence electrons. The highest BCUT2D eigenvalue weighted by Crippen LogP contribution is 2.48. The number of carbonyl (C=O) groups excluding carboxylic acids is 3. The van der Waals surface area contributed by atoms with Crippen molar-refractivity contribution >= 4 is 57.9 Å². The molecule has 1 unspecified atom stereocenters. The number of ketones is 1. The maximum Gasteiger partial charge on any atom is 0.300 e. The molecule has 1 atom stereocenters. The molecule has 3 aromatic rings. The molecule has 1 heterocycles. The van der Waals surface area contributed by atoms with Crippen molar-refractivity contribution in [2.24, 2.45) is 0 Å². The second-order valence-electron chi connectivity index (χ2n) is 8.78. The Bertz CT molecular complexity index is 1480. The van der Waals surface area contributed by atoms with Crippen molar-refractivity contribution in [1.82, 2.24) is 0 Å². The number of methoxy groups -OCH3 is 2. The number of halogens is 2. The summed E-state index contributed by atoms with van der Waals surface area (Å²) in [7, 11) is 2.73. The van der Waals surface area contributed by atoms with Crippen molar-refractivity contribution in [2.75, 3.05) is 24.4 Å². The number of aryl methyl sites for hydroxylation is 1. The highest BCUT2D eigenvalue weighted by atomic mass is 35.5. The highest BCUT2D eigenvalue weighted by Gasteiger charge is 2.47. The topological polar surface area (TPSA) is 105 Å². The average Bonchev–Trinajstić information content (AvgIpc) is 3.18. The molecule has 8 nitrogen and oxygen atoms in total. The van der Waals surface area contributed by atoms with E-state index in [0.717, 1.165) is 12.0 Å². The number of nitrogens with one attached hydrogen (secondary N) is 1. The zero-order valence-electron chi connectivity index (χ0n) is 21.7. The first-order valence-corrected chi connectivity index (χ1v) is 12.8. The smallest absolute Gasteiger partial charge is 0.300 e. The lowest BCUT2D eigenvalue weighted by molar-refractivity contribution is -0.132. The number of Topliss-reactive ketones (excluding diaryl/α,β-unsaturated/α-hetero) is 1. The van der Waals surface area contributed by atoms with Gasteiger partial charge in [-0.15, -0.1) is 0 Å². The predicted octanol–water partition coefficient (Wildman–Crippen LogP) is 6.16. The van der Waals surface area contributed by atoms with Crippen molar-refractivity contribution in [3.05, 3.63) is 86.9 Å². The van der Waals surface area contributed by atoms with E-state index in [4.69, 9.17) is 32.7 Å². The Kier molecular flexibility index (Phi) is 8.18. The van der Waals surface area contributed by atoms with Crippen LogP contribution in [-0.2, 0) is 20.8 Å². The first-order valence-electron chi connectivity index (χ1n) is 12.0. The minimum absolute atomic E-state index is 0.000636. The van der Waals surface area contributed by atoms with Crippen LogP contribution >= 0.6 is 23.2 Å². The zero-order valence-corrected chi connectivity index (χ0v) is 23.2. The summed E-state index contributed by atoms with van der Waals surface area (Å²) in [4.78, 5) is 39.7. The maximum atomic E-state index is 13.5. The lowest BCUT2D eigenvalue weighted by Gasteiger charge is -2.26. The fourth-order valence-corrected chi connectivity index (χ4v) is 5.24. The van der Waals surface area contributed by atoms with Gasteiger partial charge in [0.05, 0.1) is 36.4 Å². The van der Waals surface area contributed by atoms with Gasteiger partial charge in [0, 0.05) is 18.3 Å². The van der Waals surface area contributed by atoms with Crippen molar-refractivity contribution in [1.29, 1.82) is 0 Å². The molecule has 39 heavy (non-hydrogen) atoms. The second-order valence-corrected chi connectivity index (χ2v) is 9.56. The van der Waals surface area contributed by atoms with Gasteiger partial charge in [0.1, 0.15) is 10.8 Å². The Labute approximate surface area is 235 Å². The molecule has 1 fully saturated rings. The first-order chi connectivity index (χ1) is 18.6. The standard InChI is InChI=1S/C29H26Cl2N2O6/c1-5-16-6-8-17(9-7-16)24-22(25(35)20-14-21(30)28(39-4)23(31)27(20)38-3)26(36)29(37)33(24)19-12-10-18(11-13-19)32-15(2)34/h6-14,24,35H,5H2,1-4H3,(H,32,34)/b25-22+. The lowest BCUT2D eigenvalue weighted by atomic mass is 9.94. The van der Waals surface area contributed by atoms with Gasteiger partial charge in [0.2, 0.25) is 5.91 Å². The van der Waals surface area contributed by atoms with Crippen LogP contribution in [0.2, 0.25) is 10.0 Å². The number of amides is 2. The van der Waals surface area contributed by atoms with Crippen LogP contribution in [0.15, 0.2) is 60.2 Å². The first kappa shape index (κ1) is 28.0. The van der Waals surface area contributed by atoms with Crippen LogP contribution in [0.5, 0.6) is 11.5 Å². The minimum Gasteiger partial charge on any atom is -0.507 e. The summed E-state index contributed by atoms with van der Waals surface area (Å²) in [6.45, 7) is 3.40. The van der Waals surface area contributed by atoms with Crippen molar-refractivity contribution in [2.45, 2.75) is 26.3 Å². The normalized spacial score (nSPS) is 16.4. The van der Waals surface area contributed by atoms with Gasteiger partial charge in [-0.05, 0) is 47.9 Å². The van der Waals surface area contributed by atoms with Crippen LogP contribution in [0.3, 0.4) is 0 Å². The van der Waals surface area contributed by atoms with Crippen LogP contribution in [0.1, 0.15) is 36.6 Å². The Morgan fingerprint density at radius 2 is 1.62 bits per heavy atom. The van der Waals surface area contributed by atoms with Crippen molar-refractivity contribution in [3.63, 3.8) is 0 Å². The molecular formula is C29H26Cl2N2O6. The fourth-order valence-electron chi connectivity index (χ4n) is 4.55. The van der Waals surface area contributed by atoms with Gasteiger partial charge < -0.3 is 19.9 Å². The quantitative estimate of drug-likeness (QED) is 0.201. The SMILES string of the molecule is CCc1ccc(C2/C(=C(\O)c3cc(Cl)c(OC)c(Cl)c3OC)C(=O)C(=O)N2c2ccc(NC(C)=O)cc2)cc1. The van der Waals surface area contributed by atoms with Crippen LogP contribution < -0.4 is 19.7 Å². The highest BCUT2D eigenvalue weighted by molar-refractivity contribution is 6.52. The number of aliphatic hydroxyl groups is 1. The van der Waals surface area contributed by atoms with E-state index in [1.807, 2.05) is 31.2 Å². The van der Waals surface area contributed by atoms with Gasteiger partial charge in [-0.3, -0.25) is 19.3 Å². The molecule has 0 bridgehead atoms. The van der Waals surface area contributed by atoms with E-state index < -0.39 is 23.5 Å². The van der Waals surface area contributed by atoms with E-state index in [2.05, 4.69) is 5.32 Å². The molecule has 10 heteroatoms. The maximum absolute atomic E-state index is 13.5. The van der Waals surface area contributed by atoms with Gasteiger partial charge in [0.25, 0.3) is 11.7 Å². The van der Waals surface area contributed by atoms with Crippen LogP contribution in [0.25, 0.3) is 5.76 Å². The zero-order chi connectivity index (χ0) is 28.4. The van der Waals surface area contributed by atoms with Crippen molar-refractivity contribution in [3.8, 4) is 11.5 Å². The van der Waals surface area contributed by atoms with Gasteiger partial charge in [-0.2, -0.15) is 0 Å². The van der Waals surface area contributed by atoms with Crippen LogP contribution in [0, 0.1) is 0 Å². The number of aliphatic hydroxyl groups excluding tert-OH is 1. The summed E-state index contributed by atoms with van der Waals surface area (Å²) in [5.41, 5.74) is 2.45. The summed E-state index contributed by atoms with van der Waals surface area (Å²) in [6.07, 6.45) is 0.797. The largest absolute Gasteiger partial charge is 0.507 e. The van der Waals surface area contributed by atoms with Crippen LogP contribution in [-0.4, -0.2) is 36.9 Å². The molecule has 3 aromatic carbocycles. The van der Waals surface area contributed by atoms with E-state index in [1.165, 1.54) is 32.1 Å². The summed E-state index contributed by atoms with van der Waals surface area (Å²) in [5.74, 6) is -2.31. The van der Waals surface area contributed by atoms with Crippen molar-refractivity contribution < 1.29 is 29.0 Å². The molecule has 0 radical (unpaired) electrons. The molecule has 1 aliphatic rings. The predicted molar refractivity (Wildman–Crippen MR) is 151 cm³/mol. The number of nitrogens with zero attached hydrogens (tertiary/aromatic N) is 1. The molecule has 4 rings (SSSR count). The number of benzene rings is 3. The molecule has 1 saturated heterocycles. The average molecular weight is 569 g/mol. The van der Waals surface area contributed by atoms with Gasteiger partial charge in [-0.25, -0.2) is 0 Å². The molecular weight excluding hydrogens is 543 g/mol. The molecule has 0 spiro atoms.